The van der Waals surface area contributed by atoms with Crippen molar-refractivity contribution < 1.29 is 9.53 Å². The lowest BCUT2D eigenvalue weighted by Gasteiger charge is -2.15. The second-order valence-electron chi connectivity index (χ2n) is 2.61. The van der Waals surface area contributed by atoms with Gasteiger partial charge in [-0.15, -0.1) is 5.92 Å². The predicted molar refractivity (Wildman–Crippen MR) is 46.3 cm³/mol. The van der Waals surface area contributed by atoms with Gasteiger partial charge in [0.1, 0.15) is 6.10 Å². The fourth-order valence-electron chi connectivity index (χ4n) is 1.00. The van der Waals surface area contributed by atoms with Crippen LogP contribution in [0.3, 0.4) is 0 Å². The summed E-state index contributed by atoms with van der Waals surface area (Å²) in [7, 11) is 0. The molecule has 0 aromatic heterocycles. The van der Waals surface area contributed by atoms with E-state index in [-0.39, 0.29) is 12.1 Å². The van der Waals surface area contributed by atoms with Crippen LogP contribution < -0.4 is 0 Å². The van der Waals surface area contributed by atoms with Gasteiger partial charge in [0.25, 0.3) is 0 Å². The van der Waals surface area contributed by atoms with Gasteiger partial charge in [0.2, 0.25) is 0 Å². The van der Waals surface area contributed by atoms with Crippen molar-refractivity contribution >= 4 is 5.97 Å². The molecule has 0 radical (unpaired) electrons. The summed E-state index contributed by atoms with van der Waals surface area (Å²) in [6.07, 6.45) is 5.58. The molecule has 0 amide bonds. The van der Waals surface area contributed by atoms with Gasteiger partial charge < -0.3 is 4.74 Å². The number of ether oxygens (including phenoxy) is 1. The summed E-state index contributed by atoms with van der Waals surface area (Å²) < 4.78 is 5.00. The molecule has 0 saturated carbocycles. The monoisotopic (exact) mass is 164 g/mol. The van der Waals surface area contributed by atoms with Crippen molar-refractivity contribution in [1.82, 2.24) is 0 Å². The van der Waals surface area contributed by atoms with Gasteiger partial charge in [-0.25, -0.2) is 4.79 Å². The minimum Gasteiger partial charge on any atom is -0.458 e. The number of hydrogen-bond acceptors (Lipinski definition) is 2. The zero-order valence-electron chi connectivity index (χ0n) is 7.17. The van der Waals surface area contributed by atoms with Crippen LogP contribution in [0.15, 0.2) is 12.2 Å². The van der Waals surface area contributed by atoms with Gasteiger partial charge >= 0.3 is 5.97 Å². The Kier molecular flexibility index (Phi) is 3.40. The van der Waals surface area contributed by atoms with Crippen molar-refractivity contribution in [2.24, 2.45) is 0 Å². The molecule has 0 bridgehead atoms. The van der Waals surface area contributed by atoms with E-state index >= 15 is 0 Å². The summed E-state index contributed by atoms with van der Waals surface area (Å²) in [6, 6.07) is 0. The Hall–Kier alpha value is -1.23. The number of rotatable bonds is 1. The number of carbonyl (C=O) groups is 1. The average Bonchev–Trinajstić information content (AvgIpc) is 2.05. The van der Waals surface area contributed by atoms with E-state index in [1.165, 1.54) is 6.08 Å². The minimum absolute atomic E-state index is 0.0263. The fraction of sp³-hybridized carbons (Fsp3) is 0.500. The van der Waals surface area contributed by atoms with E-state index in [1.54, 1.807) is 0 Å². The standard InChI is InChI=1S/C10H12O2/c1-2-3-4-6-9-7-5-8-10(11)12-9/h5,8-9H,2,6-7H2,1H3/t9-/m1/s1. The molecule has 1 rings (SSSR count). The largest absolute Gasteiger partial charge is 0.458 e. The minimum atomic E-state index is -0.246. The van der Waals surface area contributed by atoms with Crippen LogP contribution in [-0.2, 0) is 9.53 Å². The summed E-state index contributed by atoms with van der Waals surface area (Å²) >= 11 is 0. The molecule has 0 saturated heterocycles. The van der Waals surface area contributed by atoms with E-state index in [9.17, 15) is 4.79 Å². The van der Waals surface area contributed by atoms with Crippen LogP contribution in [0.5, 0.6) is 0 Å². The van der Waals surface area contributed by atoms with E-state index in [1.807, 2.05) is 13.0 Å². The number of carbonyl (C=O) groups excluding carboxylic acids is 1. The van der Waals surface area contributed by atoms with Gasteiger partial charge in [0, 0.05) is 25.3 Å². The van der Waals surface area contributed by atoms with Crippen molar-refractivity contribution in [2.45, 2.75) is 32.3 Å². The highest BCUT2D eigenvalue weighted by molar-refractivity contribution is 5.82. The van der Waals surface area contributed by atoms with Gasteiger partial charge in [-0.05, 0) is 0 Å². The highest BCUT2D eigenvalue weighted by Crippen LogP contribution is 2.09. The lowest BCUT2D eigenvalue weighted by atomic mass is 10.1. The summed E-state index contributed by atoms with van der Waals surface area (Å²) in [6.45, 7) is 2.00. The molecule has 0 N–H and O–H groups in total. The summed E-state index contributed by atoms with van der Waals surface area (Å²) in [5.41, 5.74) is 0. The van der Waals surface area contributed by atoms with Crippen LogP contribution in [0.2, 0.25) is 0 Å². The van der Waals surface area contributed by atoms with Crippen LogP contribution in [0, 0.1) is 11.8 Å². The third-order valence-corrected chi connectivity index (χ3v) is 1.57. The topological polar surface area (TPSA) is 26.3 Å². The molecular weight excluding hydrogens is 152 g/mol. The second kappa shape index (κ2) is 4.61. The third-order valence-electron chi connectivity index (χ3n) is 1.57. The second-order valence-corrected chi connectivity index (χ2v) is 2.61. The molecule has 2 nitrogen and oxygen atoms in total. The molecule has 1 heterocycles. The Balaban J connectivity index is 2.35. The fourth-order valence-corrected chi connectivity index (χ4v) is 1.00. The number of esters is 1. The molecule has 0 fully saturated rings. The quantitative estimate of drug-likeness (QED) is 0.435. The van der Waals surface area contributed by atoms with Gasteiger partial charge in [-0.1, -0.05) is 18.9 Å². The van der Waals surface area contributed by atoms with Crippen LogP contribution in [0.1, 0.15) is 26.2 Å². The van der Waals surface area contributed by atoms with E-state index < -0.39 is 0 Å². The first-order valence-corrected chi connectivity index (χ1v) is 4.15. The van der Waals surface area contributed by atoms with Crippen LogP contribution in [0.4, 0.5) is 0 Å². The molecule has 1 aliphatic heterocycles. The van der Waals surface area contributed by atoms with Gasteiger partial charge in [0.05, 0.1) is 0 Å². The van der Waals surface area contributed by atoms with Crippen LogP contribution in [0.25, 0.3) is 0 Å². The van der Waals surface area contributed by atoms with Crippen molar-refractivity contribution in [3.63, 3.8) is 0 Å². The first-order chi connectivity index (χ1) is 5.83. The average molecular weight is 164 g/mol. The van der Waals surface area contributed by atoms with Crippen LogP contribution in [-0.4, -0.2) is 12.1 Å². The summed E-state index contributed by atoms with van der Waals surface area (Å²) in [4.78, 5) is 10.7. The van der Waals surface area contributed by atoms with Crippen molar-refractivity contribution in [2.75, 3.05) is 0 Å². The molecule has 0 aromatic carbocycles. The lowest BCUT2D eigenvalue weighted by Crippen LogP contribution is -2.19. The first-order valence-electron chi connectivity index (χ1n) is 4.15. The zero-order valence-corrected chi connectivity index (χ0v) is 7.17. The Morgan fingerprint density at radius 2 is 2.50 bits per heavy atom. The van der Waals surface area contributed by atoms with E-state index in [0.29, 0.717) is 6.42 Å². The Bertz CT molecular complexity index is 242. The maximum absolute atomic E-state index is 10.7. The maximum atomic E-state index is 10.7. The van der Waals surface area contributed by atoms with E-state index in [4.69, 9.17) is 4.74 Å². The highest BCUT2D eigenvalue weighted by atomic mass is 16.5. The maximum Gasteiger partial charge on any atom is 0.330 e. The van der Waals surface area contributed by atoms with Crippen LogP contribution >= 0.6 is 0 Å². The Morgan fingerprint density at radius 1 is 1.67 bits per heavy atom. The molecule has 64 valence electrons. The molecule has 1 aliphatic rings. The SMILES string of the molecule is CCC#CC[C@@H]1CC=CC(=O)O1. The van der Waals surface area contributed by atoms with Gasteiger partial charge in [-0.3, -0.25) is 0 Å². The van der Waals surface area contributed by atoms with Crippen molar-refractivity contribution in [3.8, 4) is 11.8 Å². The molecule has 0 aliphatic carbocycles. The molecule has 0 spiro atoms. The predicted octanol–water partition coefficient (Wildman–Crippen LogP) is 1.66. The van der Waals surface area contributed by atoms with Gasteiger partial charge in [0.15, 0.2) is 0 Å². The summed E-state index contributed by atoms with van der Waals surface area (Å²) in [5.74, 6) is 5.66. The van der Waals surface area contributed by atoms with E-state index in [2.05, 4.69) is 11.8 Å². The third kappa shape index (κ3) is 2.79. The van der Waals surface area contributed by atoms with Gasteiger partial charge in [-0.2, -0.15) is 0 Å². The lowest BCUT2D eigenvalue weighted by molar-refractivity contribution is -0.143. The van der Waals surface area contributed by atoms with E-state index in [0.717, 1.165) is 12.8 Å². The molecule has 0 unspecified atom stereocenters. The smallest absolute Gasteiger partial charge is 0.330 e. The molecular formula is C10H12O2. The van der Waals surface area contributed by atoms with Crippen molar-refractivity contribution in [1.29, 1.82) is 0 Å². The molecule has 12 heavy (non-hydrogen) atoms. The normalized spacial score (nSPS) is 21.1. The van der Waals surface area contributed by atoms with Crippen molar-refractivity contribution in [3.05, 3.63) is 12.2 Å². The summed E-state index contributed by atoms with van der Waals surface area (Å²) in [5, 5.41) is 0. The Labute approximate surface area is 72.6 Å². The highest BCUT2D eigenvalue weighted by Gasteiger charge is 2.13. The number of hydrogen-bond donors (Lipinski definition) is 0. The zero-order chi connectivity index (χ0) is 8.81. The first kappa shape index (κ1) is 8.86. The molecule has 0 aromatic rings. The molecule has 1 atom stereocenters. The molecule has 2 heteroatoms. The Morgan fingerprint density at radius 3 is 3.17 bits per heavy atom. The number of cyclic esters (lactones) is 1.